The minimum atomic E-state index is -1.09. The van der Waals surface area contributed by atoms with Crippen molar-refractivity contribution in [1.82, 2.24) is 0 Å². The maximum atomic E-state index is 12.3. The molecule has 1 rings (SSSR count). The molecule has 0 heterocycles. The molecule has 1 aliphatic carbocycles. The van der Waals surface area contributed by atoms with Crippen molar-refractivity contribution in [2.24, 2.45) is 16.7 Å². The lowest BCUT2D eigenvalue weighted by atomic mass is 9.53. The van der Waals surface area contributed by atoms with Gasteiger partial charge in [0.05, 0.1) is 10.8 Å². The third kappa shape index (κ3) is 8.42. The van der Waals surface area contributed by atoms with E-state index in [4.69, 9.17) is 0 Å². The molecule has 1 saturated carbocycles. The number of hydrogen-bond donors (Lipinski definition) is 2. The summed E-state index contributed by atoms with van der Waals surface area (Å²) in [7, 11) is 0. The molecule has 0 aromatic rings. The van der Waals surface area contributed by atoms with Crippen LogP contribution in [0.2, 0.25) is 0 Å². The molecule has 0 radical (unpaired) electrons. The van der Waals surface area contributed by atoms with E-state index in [9.17, 15) is 19.8 Å². The van der Waals surface area contributed by atoms with Crippen LogP contribution in [-0.4, -0.2) is 22.2 Å². The smallest absolute Gasteiger partial charge is 0.310 e. The standard InChI is InChI=1S/C27H50O4/c1-4-26(24(28)29)20-17-18-22-27(26,25(30)31)21-16-14-12-10-8-6-5-7-9-11-13-15-19-23(2)3/h23H,4-22H2,1-3H3,(H,28,29)(H,30,31). The first-order valence-corrected chi connectivity index (χ1v) is 13.3. The van der Waals surface area contributed by atoms with Crippen molar-refractivity contribution in [2.45, 2.75) is 143 Å². The third-order valence-electron chi connectivity index (χ3n) is 7.93. The molecule has 4 nitrogen and oxygen atoms in total. The van der Waals surface area contributed by atoms with E-state index < -0.39 is 22.8 Å². The highest BCUT2D eigenvalue weighted by atomic mass is 16.4. The molecule has 4 heteroatoms. The second-order valence-corrected chi connectivity index (χ2v) is 10.5. The van der Waals surface area contributed by atoms with E-state index >= 15 is 0 Å². The molecule has 2 unspecified atom stereocenters. The van der Waals surface area contributed by atoms with Gasteiger partial charge in [0.2, 0.25) is 0 Å². The fourth-order valence-corrected chi connectivity index (χ4v) is 5.84. The molecule has 1 fully saturated rings. The second kappa shape index (κ2) is 14.9. The van der Waals surface area contributed by atoms with Gasteiger partial charge in [0.1, 0.15) is 0 Å². The zero-order valence-corrected chi connectivity index (χ0v) is 20.7. The number of unbranched alkanes of at least 4 members (excludes halogenated alkanes) is 11. The molecule has 0 aromatic carbocycles. The maximum Gasteiger partial charge on any atom is 0.310 e. The summed E-state index contributed by atoms with van der Waals surface area (Å²) in [5.74, 6) is -0.957. The van der Waals surface area contributed by atoms with Crippen molar-refractivity contribution in [3.05, 3.63) is 0 Å². The molecule has 0 spiro atoms. The predicted octanol–water partition coefficient (Wildman–Crippen LogP) is 8.23. The van der Waals surface area contributed by atoms with Crippen molar-refractivity contribution >= 4 is 11.9 Å². The molecular formula is C27H50O4. The first kappa shape index (κ1) is 28.0. The van der Waals surface area contributed by atoms with Crippen LogP contribution < -0.4 is 0 Å². The van der Waals surface area contributed by atoms with Crippen LogP contribution in [0, 0.1) is 16.7 Å². The molecule has 182 valence electrons. The maximum absolute atomic E-state index is 12.3. The lowest BCUT2D eigenvalue weighted by molar-refractivity contribution is -0.181. The Bertz CT molecular complexity index is 515. The van der Waals surface area contributed by atoms with Gasteiger partial charge in [-0.2, -0.15) is 0 Å². The van der Waals surface area contributed by atoms with Gasteiger partial charge in [0.25, 0.3) is 0 Å². The van der Waals surface area contributed by atoms with Gasteiger partial charge < -0.3 is 10.2 Å². The molecule has 0 amide bonds. The van der Waals surface area contributed by atoms with Gasteiger partial charge in [-0.3, -0.25) is 9.59 Å². The van der Waals surface area contributed by atoms with Crippen LogP contribution in [0.5, 0.6) is 0 Å². The quantitative estimate of drug-likeness (QED) is 0.211. The Morgan fingerprint density at radius 3 is 1.45 bits per heavy atom. The van der Waals surface area contributed by atoms with Gasteiger partial charge >= 0.3 is 11.9 Å². The molecule has 0 bridgehead atoms. The van der Waals surface area contributed by atoms with Crippen molar-refractivity contribution in [2.75, 3.05) is 0 Å². The summed E-state index contributed by atoms with van der Waals surface area (Å²) in [6.07, 6.45) is 20.0. The van der Waals surface area contributed by atoms with E-state index in [2.05, 4.69) is 13.8 Å². The van der Waals surface area contributed by atoms with Crippen molar-refractivity contribution in [3.8, 4) is 0 Å². The van der Waals surface area contributed by atoms with Crippen LogP contribution in [0.15, 0.2) is 0 Å². The summed E-state index contributed by atoms with van der Waals surface area (Å²) < 4.78 is 0. The summed E-state index contributed by atoms with van der Waals surface area (Å²) in [4.78, 5) is 24.4. The van der Waals surface area contributed by atoms with Crippen LogP contribution in [0.3, 0.4) is 0 Å². The number of aliphatic carboxylic acids is 2. The van der Waals surface area contributed by atoms with Gasteiger partial charge in [-0.05, 0) is 31.6 Å². The van der Waals surface area contributed by atoms with Gasteiger partial charge in [-0.15, -0.1) is 0 Å². The average molecular weight is 439 g/mol. The minimum Gasteiger partial charge on any atom is -0.481 e. The van der Waals surface area contributed by atoms with E-state index in [1.807, 2.05) is 6.92 Å². The lowest BCUT2D eigenvalue weighted by Gasteiger charge is -2.48. The van der Waals surface area contributed by atoms with Crippen LogP contribution in [0.4, 0.5) is 0 Å². The highest BCUT2D eigenvalue weighted by Crippen LogP contribution is 2.56. The first-order valence-electron chi connectivity index (χ1n) is 13.3. The summed E-state index contributed by atoms with van der Waals surface area (Å²) >= 11 is 0. The SMILES string of the molecule is CCC1(C(=O)O)CCCCC1(CCCCCCCCCCCCCCC(C)C)C(=O)O. The van der Waals surface area contributed by atoms with Crippen molar-refractivity contribution in [1.29, 1.82) is 0 Å². The van der Waals surface area contributed by atoms with Gasteiger partial charge in [0.15, 0.2) is 0 Å². The fraction of sp³-hybridized carbons (Fsp3) is 0.926. The van der Waals surface area contributed by atoms with Crippen LogP contribution in [0.25, 0.3) is 0 Å². The van der Waals surface area contributed by atoms with E-state index in [-0.39, 0.29) is 0 Å². The third-order valence-corrected chi connectivity index (χ3v) is 7.93. The lowest BCUT2D eigenvalue weighted by Crippen LogP contribution is -2.54. The highest BCUT2D eigenvalue weighted by molar-refractivity contribution is 5.87. The van der Waals surface area contributed by atoms with E-state index in [1.54, 1.807) is 0 Å². The zero-order valence-electron chi connectivity index (χ0n) is 20.7. The Hall–Kier alpha value is -1.06. The summed E-state index contributed by atoms with van der Waals surface area (Å²) in [5.41, 5.74) is -2.17. The normalized spacial score (nSPS) is 23.9. The van der Waals surface area contributed by atoms with E-state index in [0.29, 0.717) is 25.7 Å². The molecule has 1 aliphatic rings. The Morgan fingerprint density at radius 2 is 1.06 bits per heavy atom. The molecule has 0 saturated heterocycles. The molecule has 2 atom stereocenters. The van der Waals surface area contributed by atoms with Crippen molar-refractivity contribution < 1.29 is 19.8 Å². The summed E-state index contributed by atoms with van der Waals surface area (Å²) in [6, 6.07) is 0. The largest absolute Gasteiger partial charge is 0.481 e. The van der Waals surface area contributed by atoms with Crippen LogP contribution in [-0.2, 0) is 9.59 Å². The Labute approximate surface area is 191 Å². The monoisotopic (exact) mass is 438 g/mol. The summed E-state index contributed by atoms with van der Waals surface area (Å²) in [5, 5.41) is 20.0. The fourth-order valence-electron chi connectivity index (χ4n) is 5.84. The molecular weight excluding hydrogens is 388 g/mol. The molecule has 0 aromatic heterocycles. The number of carboxylic acids is 2. The van der Waals surface area contributed by atoms with Gasteiger partial charge in [-0.1, -0.05) is 117 Å². The topological polar surface area (TPSA) is 74.6 Å². The highest BCUT2D eigenvalue weighted by Gasteiger charge is 2.60. The Balaban J connectivity index is 2.20. The van der Waals surface area contributed by atoms with Gasteiger partial charge in [0, 0.05) is 0 Å². The number of rotatable bonds is 18. The Kier molecular flexibility index (Phi) is 13.4. The Morgan fingerprint density at radius 1 is 0.677 bits per heavy atom. The zero-order chi connectivity index (χ0) is 23.2. The molecule has 0 aliphatic heterocycles. The number of hydrogen-bond acceptors (Lipinski definition) is 2. The van der Waals surface area contributed by atoms with Crippen LogP contribution in [0.1, 0.15) is 143 Å². The molecule has 31 heavy (non-hydrogen) atoms. The van der Waals surface area contributed by atoms with Gasteiger partial charge in [-0.25, -0.2) is 0 Å². The number of carboxylic acid groups (broad SMARTS) is 2. The minimum absolute atomic E-state index is 0.409. The number of carbonyl (C=O) groups is 2. The summed E-state index contributed by atoms with van der Waals surface area (Å²) in [6.45, 7) is 6.45. The first-order chi connectivity index (χ1) is 14.8. The van der Waals surface area contributed by atoms with Crippen LogP contribution >= 0.6 is 0 Å². The molecule has 2 N–H and O–H groups in total. The van der Waals surface area contributed by atoms with Crippen molar-refractivity contribution in [3.63, 3.8) is 0 Å². The van der Waals surface area contributed by atoms with E-state index in [0.717, 1.165) is 38.0 Å². The predicted molar refractivity (Wildman–Crippen MR) is 128 cm³/mol. The van der Waals surface area contributed by atoms with E-state index in [1.165, 1.54) is 64.2 Å². The second-order valence-electron chi connectivity index (χ2n) is 10.5. The average Bonchev–Trinajstić information content (AvgIpc) is 2.73.